The van der Waals surface area contributed by atoms with Crippen LogP contribution in [0.2, 0.25) is 12.1 Å². The van der Waals surface area contributed by atoms with Crippen LogP contribution < -0.4 is 0 Å². The van der Waals surface area contributed by atoms with Crippen LogP contribution in [-0.4, -0.2) is 42.9 Å². The van der Waals surface area contributed by atoms with Crippen molar-refractivity contribution in [1.82, 2.24) is 0 Å². The molecular formula is C27H56O4Si2. The summed E-state index contributed by atoms with van der Waals surface area (Å²) in [5, 5.41) is 0. The Kier molecular flexibility index (Phi) is 15.8. The lowest BCUT2D eigenvalue weighted by molar-refractivity contribution is -0.0307. The van der Waals surface area contributed by atoms with E-state index in [-0.39, 0.29) is 5.60 Å². The molecule has 0 bridgehead atoms. The summed E-state index contributed by atoms with van der Waals surface area (Å²) < 4.78 is 25.5. The smallest absolute Gasteiger partial charge is 0.418 e. The number of rotatable bonds is 19. The lowest BCUT2D eigenvalue weighted by atomic mass is 10.0. The zero-order chi connectivity index (χ0) is 23.7. The van der Waals surface area contributed by atoms with Gasteiger partial charge in [0.1, 0.15) is 0 Å². The van der Waals surface area contributed by atoms with Gasteiger partial charge in [0.15, 0.2) is 0 Å². The van der Waals surface area contributed by atoms with E-state index in [1.807, 2.05) is 0 Å². The number of hydrogen-bond donors (Lipinski definition) is 0. The molecule has 2 saturated heterocycles. The number of unbranched alkanes of at least 4 members (excludes halogenated alkanes) is 13. The van der Waals surface area contributed by atoms with Gasteiger partial charge in [-0.25, -0.2) is 0 Å². The van der Waals surface area contributed by atoms with Crippen molar-refractivity contribution in [3.63, 3.8) is 0 Å². The van der Waals surface area contributed by atoms with Crippen molar-refractivity contribution in [3.05, 3.63) is 0 Å². The number of hydrogen-bond acceptors (Lipinski definition) is 4. The van der Waals surface area contributed by atoms with Crippen molar-refractivity contribution < 1.29 is 17.7 Å². The SMILES string of the molecule is CCCCCCCCCCCCCCCCO[Si]1(OC[SiH]2CCCCO2)CCCC(C)(C)O1. The molecule has 2 atom stereocenters. The van der Waals surface area contributed by atoms with E-state index in [4.69, 9.17) is 17.7 Å². The Labute approximate surface area is 209 Å². The second kappa shape index (κ2) is 17.7. The topological polar surface area (TPSA) is 36.9 Å². The van der Waals surface area contributed by atoms with Crippen molar-refractivity contribution in [2.75, 3.05) is 19.4 Å². The van der Waals surface area contributed by atoms with Gasteiger partial charge in [-0.05, 0) is 45.6 Å². The second-order valence-corrected chi connectivity index (χ2v) is 16.3. The predicted octanol–water partition coefficient (Wildman–Crippen LogP) is 8.10. The molecule has 2 aliphatic heterocycles. The minimum Gasteiger partial charge on any atom is -0.418 e. The molecule has 0 aromatic heterocycles. The average Bonchev–Trinajstić information content (AvgIpc) is 2.80. The van der Waals surface area contributed by atoms with Crippen molar-refractivity contribution in [2.45, 2.75) is 154 Å². The van der Waals surface area contributed by atoms with Crippen LogP contribution in [0.5, 0.6) is 0 Å². The van der Waals surface area contributed by atoms with Gasteiger partial charge in [-0.15, -0.1) is 0 Å². The highest BCUT2D eigenvalue weighted by molar-refractivity contribution is 6.62. The molecule has 0 amide bonds. The Hall–Kier alpha value is 0.274. The van der Waals surface area contributed by atoms with E-state index in [1.54, 1.807) is 0 Å². The third kappa shape index (κ3) is 13.8. The second-order valence-electron chi connectivity index (χ2n) is 11.1. The van der Waals surface area contributed by atoms with Crippen LogP contribution >= 0.6 is 0 Å². The largest absolute Gasteiger partial charge is 0.501 e. The maximum atomic E-state index is 6.53. The molecule has 4 nitrogen and oxygen atoms in total. The minimum atomic E-state index is -2.55. The Morgan fingerprint density at radius 3 is 1.91 bits per heavy atom. The van der Waals surface area contributed by atoms with Gasteiger partial charge in [-0.3, -0.25) is 0 Å². The molecule has 6 heteroatoms. The van der Waals surface area contributed by atoms with Gasteiger partial charge >= 0.3 is 8.80 Å². The lowest BCUT2D eigenvalue weighted by Crippen LogP contribution is -2.55. The Bertz CT molecular complexity index is 471. The molecular weight excluding hydrogens is 444 g/mol. The molecule has 0 N–H and O–H groups in total. The molecule has 0 saturated carbocycles. The molecule has 0 spiro atoms. The average molecular weight is 501 g/mol. The lowest BCUT2D eigenvalue weighted by Gasteiger charge is -2.42. The maximum Gasteiger partial charge on any atom is 0.501 e. The highest BCUT2D eigenvalue weighted by Gasteiger charge is 2.49. The van der Waals surface area contributed by atoms with Crippen LogP contribution in [0.15, 0.2) is 0 Å². The summed E-state index contributed by atoms with van der Waals surface area (Å²) >= 11 is 0. The van der Waals surface area contributed by atoms with E-state index in [0.717, 1.165) is 44.8 Å². The summed E-state index contributed by atoms with van der Waals surface area (Å²) in [6.45, 7) is 8.42. The van der Waals surface area contributed by atoms with Gasteiger partial charge in [-0.2, -0.15) is 0 Å². The maximum absolute atomic E-state index is 6.53. The molecule has 2 aliphatic rings. The third-order valence-electron chi connectivity index (χ3n) is 7.28. The zero-order valence-electron chi connectivity index (χ0n) is 22.5. The molecule has 2 rings (SSSR count). The van der Waals surface area contributed by atoms with Crippen molar-refractivity contribution in [2.24, 2.45) is 0 Å². The highest BCUT2D eigenvalue weighted by Crippen LogP contribution is 2.35. The van der Waals surface area contributed by atoms with Crippen LogP contribution in [0.1, 0.15) is 136 Å². The van der Waals surface area contributed by atoms with Gasteiger partial charge < -0.3 is 17.7 Å². The molecule has 0 aliphatic carbocycles. The monoisotopic (exact) mass is 500 g/mol. The van der Waals surface area contributed by atoms with Gasteiger partial charge in [0.05, 0.1) is 11.8 Å². The van der Waals surface area contributed by atoms with E-state index in [1.165, 1.54) is 102 Å². The summed E-state index contributed by atoms with van der Waals surface area (Å²) in [5.41, 5.74) is -0.116. The van der Waals surface area contributed by atoms with Crippen molar-refractivity contribution in [1.29, 1.82) is 0 Å². The molecule has 33 heavy (non-hydrogen) atoms. The first kappa shape index (κ1) is 29.5. The summed E-state index contributed by atoms with van der Waals surface area (Å²) in [6, 6.07) is 2.23. The Morgan fingerprint density at radius 1 is 0.758 bits per heavy atom. The summed E-state index contributed by atoms with van der Waals surface area (Å²) in [7, 11) is -3.76. The molecule has 0 radical (unpaired) electrons. The highest BCUT2D eigenvalue weighted by atomic mass is 28.4. The van der Waals surface area contributed by atoms with Crippen molar-refractivity contribution in [3.8, 4) is 0 Å². The van der Waals surface area contributed by atoms with E-state index in [2.05, 4.69) is 20.8 Å². The molecule has 2 fully saturated rings. The van der Waals surface area contributed by atoms with E-state index < -0.39 is 17.8 Å². The normalized spacial score (nSPS) is 25.4. The fourth-order valence-electron chi connectivity index (χ4n) is 5.18. The van der Waals surface area contributed by atoms with Crippen LogP contribution in [0, 0.1) is 0 Å². The zero-order valence-corrected chi connectivity index (χ0v) is 24.6. The van der Waals surface area contributed by atoms with Crippen LogP contribution in [-0.2, 0) is 17.7 Å². The van der Waals surface area contributed by atoms with E-state index in [0.29, 0.717) is 0 Å². The van der Waals surface area contributed by atoms with Crippen LogP contribution in [0.4, 0.5) is 0 Å². The molecule has 2 unspecified atom stereocenters. The van der Waals surface area contributed by atoms with Crippen molar-refractivity contribution >= 4 is 17.8 Å². The van der Waals surface area contributed by atoms with E-state index in [9.17, 15) is 0 Å². The van der Waals surface area contributed by atoms with Gasteiger partial charge in [0, 0.05) is 19.3 Å². The molecule has 0 aromatic rings. The third-order valence-corrected chi connectivity index (χ3v) is 13.0. The van der Waals surface area contributed by atoms with Gasteiger partial charge in [0.25, 0.3) is 0 Å². The fraction of sp³-hybridized carbons (Fsp3) is 1.00. The fourth-order valence-corrected chi connectivity index (χ4v) is 11.2. The van der Waals surface area contributed by atoms with E-state index >= 15 is 0 Å². The minimum absolute atomic E-state index is 0.116. The first-order chi connectivity index (χ1) is 16.1. The van der Waals surface area contributed by atoms with Gasteiger partial charge in [0.2, 0.25) is 9.04 Å². The predicted molar refractivity (Wildman–Crippen MR) is 144 cm³/mol. The van der Waals surface area contributed by atoms with Crippen LogP contribution in [0.3, 0.4) is 0 Å². The summed E-state index contributed by atoms with van der Waals surface area (Å²) in [6.07, 6.45) is 24.9. The summed E-state index contributed by atoms with van der Waals surface area (Å²) in [5.74, 6) is 0. The Balaban J connectivity index is 1.51. The first-order valence-electron chi connectivity index (χ1n) is 14.6. The molecule has 196 valence electrons. The molecule has 2 heterocycles. The van der Waals surface area contributed by atoms with Gasteiger partial charge in [-0.1, -0.05) is 96.8 Å². The van der Waals surface area contributed by atoms with Crippen LogP contribution in [0.25, 0.3) is 0 Å². The Morgan fingerprint density at radius 2 is 1.36 bits per heavy atom. The summed E-state index contributed by atoms with van der Waals surface area (Å²) in [4.78, 5) is 0. The standard InChI is InChI=1S/C27H56O4Si2/c1-4-5-6-7-8-9-10-11-12-13-14-15-16-17-23-29-33(25-20-21-27(2,3)31-33)30-26-32-24-19-18-22-28-32/h32H,4-26H2,1-3H3. The molecule has 0 aromatic carbocycles. The quantitative estimate of drug-likeness (QED) is 0.133. The first-order valence-corrected chi connectivity index (χ1v) is 18.7.